The molecule has 1 aliphatic rings. The van der Waals surface area contributed by atoms with E-state index in [1.807, 2.05) is 16.9 Å². The highest BCUT2D eigenvalue weighted by Gasteiger charge is 2.29. The van der Waals surface area contributed by atoms with Crippen molar-refractivity contribution in [2.45, 2.75) is 19.5 Å². The van der Waals surface area contributed by atoms with Crippen LogP contribution in [0.5, 0.6) is 0 Å². The van der Waals surface area contributed by atoms with Crippen molar-refractivity contribution < 1.29 is 0 Å². The molecule has 0 spiro atoms. The van der Waals surface area contributed by atoms with Crippen LogP contribution in [0.25, 0.3) is 16.6 Å². The van der Waals surface area contributed by atoms with E-state index < -0.39 is 0 Å². The van der Waals surface area contributed by atoms with Crippen LogP contribution in [0.1, 0.15) is 22.9 Å². The van der Waals surface area contributed by atoms with Gasteiger partial charge >= 0.3 is 0 Å². The number of rotatable bonds is 4. The minimum absolute atomic E-state index is 0.225. The largest absolute Gasteiger partial charge is 0.296 e. The number of piperazine rings is 1. The van der Waals surface area contributed by atoms with Gasteiger partial charge in [0.25, 0.3) is 0 Å². The predicted molar refractivity (Wildman–Crippen MR) is 118 cm³/mol. The van der Waals surface area contributed by atoms with Gasteiger partial charge in [0.2, 0.25) is 0 Å². The van der Waals surface area contributed by atoms with Gasteiger partial charge in [-0.3, -0.25) is 14.8 Å². The summed E-state index contributed by atoms with van der Waals surface area (Å²) in [5.74, 6) is 0. The number of fused-ring (bicyclic) bond motifs is 1. The van der Waals surface area contributed by atoms with Crippen LogP contribution < -0.4 is 0 Å². The molecule has 1 fully saturated rings. The molecule has 3 aromatic heterocycles. The van der Waals surface area contributed by atoms with Gasteiger partial charge in [0.05, 0.1) is 11.6 Å². The lowest BCUT2D eigenvalue weighted by molar-refractivity contribution is 0.0889. The van der Waals surface area contributed by atoms with Crippen LogP contribution in [0.15, 0.2) is 67.1 Å². The number of hydrogen-bond acceptors (Lipinski definition) is 5. The predicted octanol–water partition coefficient (Wildman–Crippen LogP) is 3.59. The molecule has 0 unspecified atom stereocenters. The molecule has 0 bridgehead atoms. The Kier molecular flexibility index (Phi) is 5.02. The average molecular weight is 399 g/mol. The fraction of sp³-hybridized carbons (Fsp3) is 0.292. The second-order valence-corrected chi connectivity index (χ2v) is 8.18. The first-order valence-corrected chi connectivity index (χ1v) is 10.4. The van der Waals surface area contributed by atoms with Gasteiger partial charge in [-0.05, 0) is 43.3 Å². The quantitative estimate of drug-likeness (QED) is 0.526. The third-order valence-electron chi connectivity index (χ3n) is 6.03. The van der Waals surface area contributed by atoms with Crippen molar-refractivity contribution in [1.82, 2.24) is 29.6 Å². The molecule has 0 saturated carbocycles. The Morgan fingerprint density at radius 3 is 2.50 bits per heavy atom. The Bertz CT molecular complexity index is 1140. The number of aryl methyl sites for hydroxylation is 1. The van der Waals surface area contributed by atoms with Gasteiger partial charge in [0, 0.05) is 50.3 Å². The van der Waals surface area contributed by atoms with Crippen molar-refractivity contribution in [3.8, 4) is 11.1 Å². The lowest BCUT2D eigenvalue weighted by Gasteiger charge is -2.38. The van der Waals surface area contributed by atoms with Gasteiger partial charge in [-0.1, -0.05) is 41.1 Å². The van der Waals surface area contributed by atoms with Crippen LogP contribution in [0, 0.1) is 6.92 Å². The lowest BCUT2D eigenvalue weighted by atomic mass is 10.0. The molecule has 5 rings (SSSR count). The van der Waals surface area contributed by atoms with Crippen LogP contribution in [0.3, 0.4) is 0 Å². The van der Waals surface area contributed by atoms with Crippen molar-refractivity contribution in [3.05, 3.63) is 83.9 Å². The molecule has 0 radical (unpaired) electrons. The molecule has 0 aliphatic carbocycles. The zero-order valence-electron chi connectivity index (χ0n) is 17.4. The molecule has 6 heteroatoms. The molecule has 152 valence electrons. The van der Waals surface area contributed by atoms with E-state index in [-0.39, 0.29) is 6.04 Å². The van der Waals surface area contributed by atoms with Gasteiger partial charge in [-0.15, -0.1) is 5.10 Å². The van der Waals surface area contributed by atoms with Crippen molar-refractivity contribution in [3.63, 3.8) is 0 Å². The molecule has 0 amide bonds. The maximum absolute atomic E-state index is 4.59. The summed E-state index contributed by atoms with van der Waals surface area (Å²) < 4.78 is 1.92. The van der Waals surface area contributed by atoms with Gasteiger partial charge in [0.15, 0.2) is 0 Å². The monoisotopic (exact) mass is 398 g/mol. The van der Waals surface area contributed by atoms with E-state index in [1.54, 1.807) is 0 Å². The smallest absolute Gasteiger partial charge is 0.109 e. The number of nitrogens with zero attached hydrogens (tertiary/aromatic N) is 6. The molecular weight excluding hydrogens is 372 g/mol. The van der Waals surface area contributed by atoms with E-state index in [1.165, 1.54) is 16.7 Å². The fourth-order valence-electron chi connectivity index (χ4n) is 4.18. The van der Waals surface area contributed by atoms with Gasteiger partial charge < -0.3 is 0 Å². The molecule has 0 N–H and O–H groups in total. The summed E-state index contributed by atoms with van der Waals surface area (Å²) in [7, 11) is 2.18. The summed E-state index contributed by atoms with van der Waals surface area (Å²) in [5.41, 5.74) is 7.03. The van der Waals surface area contributed by atoms with E-state index in [0.717, 1.165) is 43.0 Å². The van der Waals surface area contributed by atoms with Gasteiger partial charge in [-0.2, -0.15) is 0 Å². The number of benzene rings is 1. The third-order valence-corrected chi connectivity index (χ3v) is 6.03. The molecule has 6 nitrogen and oxygen atoms in total. The summed E-state index contributed by atoms with van der Waals surface area (Å²) in [4.78, 5) is 9.01. The third kappa shape index (κ3) is 3.72. The molecule has 1 atom stereocenters. The first kappa shape index (κ1) is 18.9. The number of likely N-dealkylation sites (N-methyl/N-ethyl adjacent to an activating group) is 1. The molecule has 1 aliphatic heterocycles. The molecule has 4 aromatic rings. The first-order valence-electron chi connectivity index (χ1n) is 10.4. The first-order chi connectivity index (χ1) is 14.7. The zero-order chi connectivity index (χ0) is 20.5. The summed E-state index contributed by atoms with van der Waals surface area (Å²) in [6.07, 6.45) is 5.80. The Hall–Kier alpha value is -3.09. The highest BCUT2D eigenvalue weighted by molar-refractivity contribution is 5.66. The molecular formula is C24H26N6. The summed E-state index contributed by atoms with van der Waals surface area (Å²) in [5, 5.41) is 9.05. The van der Waals surface area contributed by atoms with Crippen LogP contribution in [-0.2, 0) is 6.54 Å². The van der Waals surface area contributed by atoms with Gasteiger partial charge in [-0.25, -0.2) is 4.52 Å². The molecule has 4 heterocycles. The number of pyridine rings is 2. The minimum atomic E-state index is 0.225. The molecule has 1 aromatic carbocycles. The molecule has 1 saturated heterocycles. The zero-order valence-corrected chi connectivity index (χ0v) is 17.4. The summed E-state index contributed by atoms with van der Waals surface area (Å²) in [6, 6.07) is 17.3. The molecule has 30 heavy (non-hydrogen) atoms. The van der Waals surface area contributed by atoms with Crippen LogP contribution in [0.4, 0.5) is 0 Å². The lowest BCUT2D eigenvalue weighted by Crippen LogP contribution is -2.46. The Labute approximate surface area is 176 Å². The SMILES string of the molecule is Cc1ccc(-c2ccc3c([C@H]4CN(Cc5ccncc5)CCN4C)nnn3c2)cc1. The minimum Gasteiger partial charge on any atom is -0.296 e. The number of hydrogen-bond donors (Lipinski definition) is 0. The van der Waals surface area contributed by atoms with E-state index in [0.29, 0.717) is 0 Å². The van der Waals surface area contributed by atoms with E-state index >= 15 is 0 Å². The number of aromatic nitrogens is 4. The van der Waals surface area contributed by atoms with E-state index in [4.69, 9.17) is 0 Å². The fourth-order valence-corrected chi connectivity index (χ4v) is 4.18. The topological polar surface area (TPSA) is 49.6 Å². The highest BCUT2D eigenvalue weighted by atomic mass is 15.4. The Morgan fingerprint density at radius 1 is 0.933 bits per heavy atom. The Morgan fingerprint density at radius 2 is 1.70 bits per heavy atom. The second-order valence-electron chi connectivity index (χ2n) is 8.18. The maximum Gasteiger partial charge on any atom is 0.109 e. The normalized spacial score (nSPS) is 18.1. The Balaban J connectivity index is 1.41. The van der Waals surface area contributed by atoms with Gasteiger partial charge in [0.1, 0.15) is 5.69 Å². The van der Waals surface area contributed by atoms with Crippen molar-refractivity contribution >= 4 is 5.52 Å². The van der Waals surface area contributed by atoms with Crippen molar-refractivity contribution in [2.24, 2.45) is 0 Å². The van der Waals surface area contributed by atoms with Crippen LogP contribution in [0.2, 0.25) is 0 Å². The van der Waals surface area contributed by atoms with E-state index in [2.05, 4.69) is 93.8 Å². The standard InChI is InChI=1S/C24H26N6/c1-18-3-5-20(6-4-18)21-7-8-22-24(26-27-30(22)16-21)23-17-29(14-13-28(23)2)15-19-9-11-25-12-10-19/h3-12,16,23H,13-15,17H2,1-2H3/t23-/m1/s1. The summed E-state index contributed by atoms with van der Waals surface area (Å²) in [6.45, 7) is 6.04. The van der Waals surface area contributed by atoms with E-state index in [9.17, 15) is 0 Å². The summed E-state index contributed by atoms with van der Waals surface area (Å²) >= 11 is 0. The maximum atomic E-state index is 4.59. The average Bonchev–Trinajstić information content (AvgIpc) is 3.19. The van der Waals surface area contributed by atoms with Crippen molar-refractivity contribution in [2.75, 3.05) is 26.7 Å². The van der Waals surface area contributed by atoms with Crippen molar-refractivity contribution in [1.29, 1.82) is 0 Å². The van der Waals surface area contributed by atoms with Crippen LogP contribution in [-0.4, -0.2) is 56.3 Å². The van der Waals surface area contributed by atoms with Crippen LogP contribution >= 0.6 is 0 Å². The second kappa shape index (κ2) is 7.97. The highest BCUT2D eigenvalue weighted by Crippen LogP contribution is 2.28.